The third-order valence-corrected chi connectivity index (χ3v) is 9.09. The van der Waals surface area contributed by atoms with Crippen LogP contribution in [0.15, 0.2) is 35.9 Å². The molecule has 1 heterocycles. The molecule has 2 bridgehead atoms. The van der Waals surface area contributed by atoms with E-state index >= 15 is 0 Å². The van der Waals surface area contributed by atoms with Gasteiger partial charge in [-0.1, -0.05) is 51.3 Å². The van der Waals surface area contributed by atoms with Crippen molar-refractivity contribution in [1.82, 2.24) is 14.7 Å². The molecule has 2 fully saturated rings. The van der Waals surface area contributed by atoms with Gasteiger partial charge in [0.1, 0.15) is 0 Å². The molecular formula is C30H42F3N3O2. The van der Waals surface area contributed by atoms with E-state index in [1.165, 1.54) is 24.1 Å². The molecule has 2 unspecified atom stereocenters. The topological polar surface area (TPSA) is 43.9 Å². The van der Waals surface area contributed by atoms with Gasteiger partial charge in [-0.05, 0) is 54.7 Å². The fourth-order valence-electron chi connectivity index (χ4n) is 6.30. The van der Waals surface area contributed by atoms with Crippen LogP contribution in [0.5, 0.6) is 0 Å². The Balaban J connectivity index is 1.31. The molecule has 0 spiro atoms. The number of rotatable bonds is 10. The van der Waals surface area contributed by atoms with Crippen LogP contribution in [0.25, 0.3) is 0 Å². The summed E-state index contributed by atoms with van der Waals surface area (Å²) in [5, 5.41) is 0. The van der Waals surface area contributed by atoms with E-state index < -0.39 is 11.7 Å². The number of unbranched alkanes of at least 4 members (excludes halogenated alkanes) is 2. The second-order valence-corrected chi connectivity index (χ2v) is 11.8. The fraction of sp³-hybridized carbons (Fsp3) is 0.667. The second kappa shape index (κ2) is 11.8. The highest BCUT2D eigenvalue weighted by atomic mass is 19.4. The van der Waals surface area contributed by atoms with Gasteiger partial charge in [-0.15, -0.1) is 0 Å². The number of piperazine rings is 1. The number of benzene rings is 1. The molecule has 5 rings (SSSR count). The van der Waals surface area contributed by atoms with Crippen LogP contribution in [-0.2, 0) is 11.0 Å². The van der Waals surface area contributed by atoms with Gasteiger partial charge in [0.25, 0.3) is 5.91 Å². The third-order valence-electron chi connectivity index (χ3n) is 9.09. The largest absolute Gasteiger partial charge is 0.416 e. The molecule has 4 aliphatic rings. The highest BCUT2D eigenvalue weighted by Crippen LogP contribution is 2.59. The van der Waals surface area contributed by atoms with Crippen molar-refractivity contribution in [2.75, 3.05) is 45.8 Å². The molecule has 1 saturated heterocycles. The fourth-order valence-corrected chi connectivity index (χ4v) is 6.30. The van der Waals surface area contributed by atoms with E-state index in [1.54, 1.807) is 4.90 Å². The van der Waals surface area contributed by atoms with Crippen molar-refractivity contribution < 1.29 is 22.8 Å². The van der Waals surface area contributed by atoms with Crippen LogP contribution in [0.1, 0.15) is 75.2 Å². The molecule has 1 aromatic carbocycles. The van der Waals surface area contributed by atoms with Crippen molar-refractivity contribution in [3.05, 3.63) is 47.0 Å². The molecule has 2 atom stereocenters. The van der Waals surface area contributed by atoms with Crippen molar-refractivity contribution in [1.29, 1.82) is 0 Å². The Morgan fingerprint density at radius 2 is 1.84 bits per heavy atom. The Labute approximate surface area is 225 Å². The van der Waals surface area contributed by atoms with Gasteiger partial charge < -0.3 is 9.80 Å². The Hall–Kier alpha value is -2.35. The molecule has 210 valence electrons. The van der Waals surface area contributed by atoms with Crippen LogP contribution < -0.4 is 0 Å². The van der Waals surface area contributed by atoms with Crippen molar-refractivity contribution >= 4 is 11.8 Å². The van der Waals surface area contributed by atoms with Gasteiger partial charge in [0.05, 0.1) is 5.56 Å². The lowest BCUT2D eigenvalue weighted by molar-refractivity contribution is -0.137. The maximum atomic E-state index is 13.2. The number of amides is 2. The van der Waals surface area contributed by atoms with Crippen molar-refractivity contribution in [2.24, 2.45) is 17.3 Å². The number of alkyl halides is 3. The zero-order chi connectivity index (χ0) is 27.5. The van der Waals surface area contributed by atoms with Gasteiger partial charge in [0.2, 0.25) is 5.91 Å². The Bertz CT molecular complexity index is 1030. The molecule has 3 aliphatic carbocycles. The Morgan fingerprint density at radius 1 is 1.11 bits per heavy atom. The zero-order valence-electron chi connectivity index (χ0n) is 23.0. The lowest BCUT2D eigenvalue weighted by Gasteiger charge is -2.57. The first-order valence-corrected chi connectivity index (χ1v) is 14.2. The molecule has 1 saturated carbocycles. The van der Waals surface area contributed by atoms with Gasteiger partial charge in [-0.2, -0.15) is 13.2 Å². The predicted octanol–water partition coefficient (Wildman–Crippen LogP) is 5.86. The lowest BCUT2D eigenvalue weighted by Crippen LogP contribution is -2.52. The monoisotopic (exact) mass is 533 g/mol. The molecule has 0 aromatic heterocycles. The first-order valence-electron chi connectivity index (χ1n) is 14.2. The minimum atomic E-state index is -4.47. The molecular weight excluding hydrogens is 491 g/mol. The van der Waals surface area contributed by atoms with Crippen molar-refractivity contribution in [3.63, 3.8) is 0 Å². The summed E-state index contributed by atoms with van der Waals surface area (Å²) in [6, 6.07) is 4.64. The van der Waals surface area contributed by atoms with Gasteiger partial charge in [-0.3, -0.25) is 14.5 Å². The van der Waals surface area contributed by atoms with E-state index in [9.17, 15) is 22.8 Å². The highest BCUT2D eigenvalue weighted by molar-refractivity contribution is 5.94. The summed E-state index contributed by atoms with van der Waals surface area (Å²) in [4.78, 5) is 32.0. The van der Waals surface area contributed by atoms with Gasteiger partial charge in [0.15, 0.2) is 0 Å². The summed E-state index contributed by atoms with van der Waals surface area (Å²) in [5.74, 6) is 1.18. The number of carbonyl (C=O) groups is 2. The molecule has 5 nitrogen and oxygen atoms in total. The lowest BCUT2D eigenvalue weighted by atomic mass is 9.49. The Morgan fingerprint density at radius 3 is 2.47 bits per heavy atom. The molecule has 38 heavy (non-hydrogen) atoms. The van der Waals surface area contributed by atoms with E-state index in [0.717, 1.165) is 50.3 Å². The maximum absolute atomic E-state index is 13.2. The number of halogens is 3. The molecule has 8 heteroatoms. The van der Waals surface area contributed by atoms with Gasteiger partial charge in [-0.25, -0.2) is 0 Å². The third kappa shape index (κ3) is 6.44. The van der Waals surface area contributed by atoms with Crippen molar-refractivity contribution in [3.8, 4) is 0 Å². The quantitative estimate of drug-likeness (QED) is 0.279. The van der Waals surface area contributed by atoms with E-state index in [1.807, 2.05) is 4.90 Å². The molecule has 0 N–H and O–H groups in total. The average Bonchev–Trinajstić information content (AvgIpc) is 2.90. The summed E-state index contributed by atoms with van der Waals surface area (Å²) in [6.07, 6.45) is 3.88. The highest BCUT2D eigenvalue weighted by Gasteiger charge is 2.51. The van der Waals surface area contributed by atoms with Crippen LogP contribution in [0.2, 0.25) is 0 Å². The van der Waals surface area contributed by atoms with Crippen LogP contribution in [0.3, 0.4) is 0 Å². The predicted molar refractivity (Wildman–Crippen MR) is 143 cm³/mol. The van der Waals surface area contributed by atoms with Crippen LogP contribution >= 0.6 is 0 Å². The first-order chi connectivity index (χ1) is 18.0. The summed E-state index contributed by atoms with van der Waals surface area (Å²) in [5.41, 5.74) is 1.00. The minimum absolute atomic E-state index is 0.0686. The smallest absolute Gasteiger partial charge is 0.337 e. The standard InChI is InChI=1S/C30H42F3N3O2/c1-4-5-6-10-27(37)36(21-23-11-12-24-20-26(23)29(24,2)3)18-15-34-13-16-35(17-14-34)28(38)22-8-7-9-25(19-22)30(31,32)33/h7-9,11,19,24,26H,4-6,10,12-18,20-21H2,1-3H3. The van der Waals surface area contributed by atoms with Crippen LogP contribution in [0.4, 0.5) is 13.2 Å². The number of hydrogen-bond donors (Lipinski definition) is 0. The molecule has 2 amide bonds. The summed E-state index contributed by atoms with van der Waals surface area (Å²) in [7, 11) is 0. The van der Waals surface area contributed by atoms with Crippen molar-refractivity contribution in [2.45, 2.75) is 65.5 Å². The number of allylic oxidation sites excluding steroid dienone is 1. The molecule has 1 aliphatic heterocycles. The minimum Gasteiger partial charge on any atom is -0.337 e. The zero-order valence-corrected chi connectivity index (χ0v) is 23.0. The molecule has 1 aromatic rings. The van der Waals surface area contributed by atoms with Gasteiger partial charge in [0, 0.05) is 57.8 Å². The maximum Gasteiger partial charge on any atom is 0.416 e. The van der Waals surface area contributed by atoms with Gasteiger partial charge >= 0.3 is 6.18 Å². The van der Waals surface area contributed by atoms with E-state index in [0.29, 0.717) is 57.0 Å². The summed E-state index contributed by atoms with van der Waals surface area (Å²) >= 11 is 0. The number of fused-ring (bicyclic) bond motifs is 1. The SMILES string of the molecule is CCCCCC(=O)N(CCN1CCN(C(=O)c2cccc(C(F)(F)F)c2)CC1)CC1=CCC2CC1C2(C)C. The van der Waals surface area contributed by atoms with E-state index in [2.05, 4.69) is 31.7 Å². The van der Waals surface area contributed by atoms with E-state index in [-0.39, 0.29) is 17.4 Å². The molecule has 0 radical (unpaired) electrons. The first kappa shape index (κ1) is 28.7. The van der Waals surface area contributed by atoms with Crippen LogP contribution in [0, 0.1) is 17.3 Å². The summed E-state index contributed by atoms with van der Waals surface area (Å²) < 4.78 is 39.2. The second-order valence-electron chi connectivity index (χ2n) is 11.8. The normalized spacial score (nSPS) is 23.0. The number of carbonyl (C=O) groups excluding carboxylic acids is 2. The summed E-state index contributed by atoms with van der Waals surface area (Å²) in [6.45, 7) is 11.1. The Kier molecular flexibility index (Phi) is 8.90. The number of nitrogens with zero attached hydrogens (tertiary/aromatic N) is 3. The number of hydrogen-bond acceptors (Lipinski definition) is 3. The van der Waals surface area contributed by atoms with E-state index in [4.69, 9.17) is 0 Å². The van der Waals surface area contributed by atoms with Crippen LogP contribution in [-0.4, -0.2) is 72.3 Å². The average molecular weight is 534 g/mol.